The number of phenols is 2. The Labute approximate surface area is 149 Å². The zero-order valence-corrected chi connectivity index (χ0v) is 14.6. The first kappa shape index (κ1) is 18.2. The summed E-state index contributed by atoms with van der Waals surface area (Å²) in [7, 11) is 0. The van der Waals surface area contributed by atoms with Gasteiger partial charge in [-0.1, -0.05) is 29.3 Å². The van der Waals surface area contributed by atoms with Gasteiger partial charge in [0.05, 0.1) is 11.1 Å². The van der Waals surface area contributed by atoms with Gasteiger partial charge in [0, 0.05) is 5.02 Å². The van der Waals surface area contributed by atoms with Crippen molar-refractivity contribution in [3.63, 3.8) is 0 Å². The molecule has 0 spiro atoms. The number of halogens is 2. The van der Waals surface area contributed by atoms with Crippen LogP contribution in [0.2, 0.25) is 10.0 Å². The lowest BCUT2D eigenvalue weighted by molar-refractivity contribution is -0.127. The van der Waals surface area contributed by atoms with Crippen LogP contribution in [0, 0.1) is 0 Å². The normalized spacial score (nSPS) is 13.2. The van der Waals surface area contributed by atoms with Crippen LogP contribution in [0.1, 0.15) is 25.5 Å². The molecular weight excluding hydrogens is 353 g/mol. The van der Waals surface area contributed by atoms with Crippen molar-refractivity contribution in [2.45, 2.75) is 26.0 Å². The number of carbonyl (C=O) groups is 1. The molecule has 0 bridgehead atoms. The number of nitrogens with one attached hydrogen (secondary N) is 1. The Morgan fingerprint density at radius 2 is 1.79 bits per heavy atom. The van der Waals surface area contributed by atoms with Crippen molar-refractivity contribution in [1.82, 2.24) is 5.32 Å². The summed E-state index contributed by atoms with van der Waals surface area (Å²) < 4.78 is 5.55. The van der Waals surface area contributed by atoms with Crippen LogP contribution in [0.15, 0.2) is 36.4 Å². The molecule has 0 aliphatic carbocycles. The molecule has 2 aromatic rings. The third-order valence-corrected chi connectivity index (χ3v) is 3.96. The molecular formula is C17H17Cl2NO4. The van der Waals surface area contributed by atoms with Crippen LogP contribution < -0.4 is 10.1 Å². The molecule has 0 aliphatic rings. The maximum Gasteiger partial charge on any atom is 0.261 e. The van der Waals surface area contributed by atoms with Crippen LogP contribution in [0.3, 0.4) is 0 Å². The number of phenolic OH excluding ortho intramolecular Hbond substituents is 2. The minimum Gasteiger partial charge on any atom is -0.504 e. The largest absolute Gasteiger partial charge is 0.504 e. The summed E-state index contributed by atoms with van der Waals surface area (Å²) in [5.74, 6) is -0.447. The van der Waals surface area contributed by atoms with E-state index in [4.69, 9.17) is 27.9 Å². The Morgan fingerprint density at radius 1 is 1.08 bits per heavy atom. The molecule has 2 atom stereocenters. The number of hydrogen-bond acceptors (Lipinski definition) is 4. The lowest BCUT2D eigenvalue weighted by Gasteiger charge is -2.19. The monoisotopic (exact) mass is 369 g/mol. The smallest absolute Gasteiger partial charge is 0.261 e. The lowest BCUT2D eigenvalue weighted by atomic mass is 10.1. The summed E-state index contributed by atoms with van der Waals surface area (Å²) in [6.07, 6.45) is -0.781. The first-order chi connectivity index (χ1) is 11.3. The summed E-state index contributed by atoms with van der Waals surface area (Å²) in [6.45, 7) is 3.35. The van der Waals surface area contributed by atoms with Crippen molar-refractivity contribution in [2.75, 3.05) is 0 Å². The number of ether oxygens (including phenoxy) is 1. The van der Waals surface area contributed by atoms with E-state index in [1.54, 1.807) is 32.0 Å². The summed E-state index contributed by atoms with van der Waals surface area (Å²) in [6, 6.07) is 8.73. The molecule has 0 saturated carbocycles. The van der Waals surface area contributed by atoms with E-state index in [0.717, 1.165) is 0 Å². The van der Waals surface area contributed by atoms with Crippen molar-refractivity contribution in [3.05, 3.63) is 52.0 Å². The highest BCUT2D eigenvalue weighted by Crippen LogP contribution is 2.29. The molecule has 1 amide bonds. The van der Waals surface area contributed by atoms with Gasteiger partial charge in [0.1, 0.15) is 5.75 Å². The van der Waals surface area contributed by atoms with Crippen molar-refractivity contribution in [1.29, 1.82) is 0 Å². The van der Waals surface area contributed by atoms with Gasteiger partial charge in [-0.15, -0.1) is 0 Å². The fraction of sp³-hybridized carbons (Fsp3) is 0.235. The molecule has 0 fully saturated rings. The maximum atomic E-state index is 12.2. The van der Waals surface area contributed by atoms with Crippen molar-refractivity contribution in [2.24, 2.45) is 0 Å². The number of carbonyl (C=O) groups excluding carboxylic acids is 1. The van der Waals surface area contributed by atoms with Gasteiger partial charge < -0.3 is 20.3 Å². The molecule has 7 heteroatoms. The first-order valence-electron chi connectivity index (χ1n) is 7.22. The molecule has 0 aromatic heterocycles. The highest BCUT2D eigenvalue weighted by molar-refractivity contribution is 6.35. The molecule has 0 radical (unpaired) electrons. The molecule has 24 heavy (non-hydrogen) atoms. The predicted octanol–water partition coefficient (Wildman–Crippen LogP) is 4.05. The Hall–Kier alpha value is -2.11. The quantitative estimate of drug-likeness (QED) is 0.694. The molecule has 0 heterocycles. The maximum absolute atomic E-state index is 12.2. The number of rotatable bonds is 5. The van der Waals surface area contributed by atoms with E-state index >= 15 is 0 Å². The Balaban J connectivity index is 2.01. The zero-order valence-electron chi connectivity index (χ0n) is 13.1. The fourth-order valence-electron chi connectivity index (χ4n) is 2.04. The fourth-order valence-corrected chi connectivity index (χ4v) is 2.49. The summed E-state index contributed by atoms with van der Waals surface area (Å²) >= 11 is 11.8. The van der Waals surface area contributed by atoms with E-state index in [1.165, 1.54) is 18.2 Å². The van der Waals surface area contributed by atoms with Gasteiger partial charge in [-0.2, -0.15) is 0 Å². The van der Waals surface area contributed by atoms with Crippen LogP contribution in [-0.4, -0.2) is 22.2 Å². The van der Waals surface area contributed by atoms with E-state index < -0.39 is 6.10 Å². The average Bonchev–Trinajstić information content (AvgIpc) is 2.52. The number of aromatic hydroxyl groups is 2. The number of benzene rings is 2. The molecule has 5 nitrogen and oxygen atoms in total. The van der Waals surface area contributed by atoms with E-state index in [2.05, 4.69) is 5.32 Å². The molecule has 0 aliphatic heterocycles. The van der Waals surface area contributed by atoms with Gasteiger partial charge in [0.25, 0.3) is 5.91 Å². The third-order valence-electron chi connectivity index (χ3n) is 3.43. The van der Waals surface area contributed by atoms with Gasteiger partial charge in [-0.05, 0) is 49.7 Å². The Bertz CT molecular complexity index is 751. The van der Waals surface area contributed by atoms with E-state index in [1.807, 2.05) is 0 Å². The van der Waals surface area contributed by atoms with E-state index in [9.17, 15) is 15.0 Å². The van der Waals surface area contributed by atoms with E-state index in [0.29, 0.717) is 21.4 Å². The zero-order chi connectivity index (χ0) is 17.9. The van der Waals surface area contributed by atoms with Crippen LogP contribution in [0.4, 0.5) is 0 Å². The van der Waals surface area contributed by atoms with Gasteiger partial charge in [-0.3, -0.25) is 4.79 Å². The SMILES string of the molecule is CC(Oc1ccc(Cl)cc1Cl)C(=O)NC(C)c1ccc(O)c(O)c1. The summed E-state index contributed by atoms with van der Waals surface area (Å²) in [5, 5.41) is 22.4. The molecule has 3 N–H and O–H groups in total. The van der Waals surface area contributed by atoms with Crippen LogP contribution in [0.25, 0.3) is 0 Å². The standard InChI is InChI=1S/C17H17Cl2NO4/c1-9(11-3-5-14(21)15(22)7-11)20-17(23)10(2)24-16-6-4-12(18)8-13(16)19/h3-10,21-22H,1-2H3,(H,20,23). The molecule has 128 valence electrons. The summed E-state index contributed by atoms with van der Waals surface area (Å²) in [4.78, 5) is 12.2. The van der Waals surface area contributed by atoms with Crippen LogP contribution >= 0.6 is 23.2 Å². The molecule has 2 rings (SSSR count). The molecule has 0 saturated heterocycles. The summed E-state index contributed by atoms with van der Waals surface area (Å²) in [5.41, 5.74) is 0.648. The third kappa shape index (κ3) is 4.46. The van der Waals surface area contributed by atoms with Gasteiger partial charge in [-0.25, -0.2) is 0 Å². The van der Waals surface area contributed by atoms with Gasteiger partial charge >= 0.3 is 0 Å². The lowest BCUT2D eigenvalue weighted by Crippen LogP contribution is -2.37. The number of amides is 1. The second kappa shape index (κ2) is 7.64. The average molecular weight is 370 g/mol. The first-order valence-corrected chi connectivity index (χ1v) is 7.97. The second-order valence-corrected chi connectivity index (χ2v) is 6.16. The highest BCUT2D eigenvalue weighted by Gasteiger charge is 2.19. The van der Waals surface area contributed by atoms with Crippen molar-refractivity contribution < 1.29 is 19.7 Å². The highest BCUT2D eigenvalue weighted by atomic mass is 35.5. The number of hydrogen-bond donors (Lipinski definition) is 3. The van der Waals surface area contributed by atoms with Crippen molar-refractivity contribution >= 4 is 29.1 Å². The van der Waals surface area contributed by atoms with Gasteiger partial charge in [0.2, 0.25) is 0 Å². The topological polar surface area (TPSA) is 78.8 Å². The second-order valence-electron chi connectivity index (χ2n) is 5.31. The predicted molar refractivity (Wildman–Crippen MR) is 92.9 cm³/mol. The van der Waals surface area contributed by atoms with Crippen LogP contribution in [-0.2, 0) is 4.79 Å². The molecule has 2 aromatic carbocycles. The van der Waals surface area contributed by atoms with Crippen LogP contribution in [0.5, 0.6) is 17.2 Å². The van der Waals surface area contributed by atoms with Crippen molar-refractivity contribution in [3.8, 4) is 17.2 Å². The molecule has 2 unspecified atom stereocenters. The van der Waals surface area contributed by atoms with Gasteiger partial charge in [0.15, 0.2) is 17.6 Å². The van der Waals surface area contributed by atoms with E-state index in [-0.39, 0.29) is 23.4 Å². The minimum absolute atomic E-state index is 0.216. The Morgan fingerprint density at radius 3 is 2.42 bits per heavy atom. The minimum atomic E-state index is -0.781. The Kier molecular flexibility index (Phi) is 5.80.